The van der Waals surface area contributed by atoms with Crippen molar-refractivity contribution >= 4 is 27.3 Å². The highest BCUT2D eigenvalue weighted by molar-refractivity contribution is 7.92. The normalized spacial score (nSPS) is 15.8. The van der Waals surface area contributed by atoms with Gasteiger partial charge in [-0.15, -0.1) is 0 Å². The van der Waals surface area contributed by atoms with Gasteiger partial charge in [-0.2, -0.15) is 0 Å². The molecule has 7 nitrogen and oxygen atoms in total. The van der Waals surface area contributed by atoms with Crippen LogP contribution in [0.4, 0.5) is 11.4 Å². The zero-order valence-electron chi connectivity index (χ0n) is 18.6. The minimum atomic E-state index is -3.87. The second-order valence-electron chi connectivity index (χ2n) is 8.75. The molecule has 31 heavy (non-hydrogen) atoms. The first-order valence-electron chi connectivity index (χ1n) is 10.3. The van der Waals surface area contributed by atoms with Gasteiger partial charge in [-0.1, -0.05) is 26.0 Å². The highest BCUT2D eigenvalue weighted by atomic mass is 32.2. The van der Waals surface area contributed by atoms with Crippen LogP contribution >= 0.6 is 0 Å². The molecule has 2 aromatic carbocycles. The SMILES string of the molecule is COc1ccccc1S(=O)(=O)Nc1ccc2c(c1)OCC(C)(C)C(=O)N2CCC(C)C. The van der Waals surface area contributed by atoms with Gasteiger partial charge in [0.1, 0.15) is 23.0 Å². The van der Waals surface area contributed by atoms with Crippen LogP contribution in [0, 0.1) is 11.3 Å². The monoisotopic (exact) mass is 446 g/mol. The highest BCUT2D eigenvalue weighted by Crippen LogP contribution is 2.39. The Morgan fingerprint density at radius 1 is 1.19 bits per heavy atom. The summed E-state index contributed by atoms with van der Waals surface area (Å²) in [6.45, 7) is 8.72. The standard InChI is InChI=1S/C23H30N2O5S/c1-16(2)12-13-25-18-11-10-17(14-20(18)30-15-23(3,4)22(25)26)24-31(27,28)21-9-7-6-8-19(21)29-5/h6-11,14,16,24H,12-13,15H2,1-5H3. The Morgan fingerprint density at radius 3 is 2.58 bits per heavy atom. The third-order valence-corrected chi connectivity index (χ3v) is 6.62. The number of para-hydroxylation sites is 1. The lowest BCUT2D eigenvalue weighted by atomic mass is 9.92. The van der Waals surface area contributed by atoms with Crippen molar-refractivity contribution < 1.29 is 22.7 Å². The molecule has 0 spiro atoms. The Kier molecular flexibility index (Phi) is 6.50. The molecule has 0 fully saturated rings. The van der Waals surface area contributed by atoms with Crippen LogP contribution in [0.5, 0.6) is 11.5 Å². The second kappa shape index (κ2) is 8.78. The predicted octanol–water partition coefficient (Wildman–Crippen LogP) is 4.29. The van der Waals surface area contributed by atoms with Gasteiger partial charge >= 0.3 is 0 Å². The van der Waals surface area contributed by atoms with Gasteiger partial charge in [-0.3, -0.25) is 9.52 Å². The van der Waals surface area contributed by atoms with Crippen molar-refractivity contribution in [3.63, 3.8) is 0 Å². The number of hydrogen-bond donors (Lipinski definition) is 1. The first-order chi connectivity index (χ1) is 14.5. The Bertz CT molecular complexity index is 1060. The molecular weight excluding hydrogens is 416 g/mol. The summed E-state index contributed by atoms with van der Waals surface area (Å²) in [5.41, 5.74) is 0.310. The number of fused-ring (bicyclic) bond motifs is 1. The fraction of sp³-hybridized carbons (Fsp3) is 0.435. The minimum Gasteiger partial charge on any atom is -0.495 e. The number of hydrogen-bond acceptors (Lipinski definition) is 5. The molecule has 8 heteroatoms. The quantitative estimate of drug-likeness (QED) is 0.686. The number of ether oxygens (including phenoxy) is 2. The minimum absolute atomic E-state index is 0.00532. The third-order valence-electron chi connectivity index (χ3n) is 5.20. The smallest absolute Gasteiger partial charge is 0.265 e. The lowest BCUT2D eigenvalue weighted by Crippen LogP contribution is -2.42. The van der Waals surface area contributed by atoms with E-state index in [1.54, 1.807) is 41.3 Å². The molecule has 168 valence electrons. The number of anilines is 2. The van der Waals surface area contributed by atoms with E-state index in [4.69, 9.17) is 9.47 Å². The van der Waals surface area contributed by atoms with Crippen LogP contribution in [-0.2, 0) is 14.8 Å². The van der Waals surface area contributed by atoms with Crippen LogP contribution < -0.4 is 19.1 Å². The molecule has 0 atom stereocenters. The number of sulfonamides is 1. The van der Waals surface area contributed by atoms with Crippen molar-refractivity contribution in [3.8, 4) is 11.5 Å². The highest BCUT2D eigenvalue weighted by Gasteiger charge is 2.37. The molecule has 1 aliphatic rings. The molecule has 2 aromatic rings. The molecular formula is C23H30N2O5S. The molecule has 0 saturated carbocycles. The lowest BCUT2D eigenvalue weighted by molar-refractivity contribution is -0.127. The predicted molar refractivity (Wildman–Crippen MR) is 121 cm³/mol. The third kappa shape index (κ3) is 4.95. The van der Waals surface area contributed by atoms with Crippen LogP contribution in [-0.4, -0.2) is 34.6 Å². The van der Waals surface area contributed by atoms with Crippen molar-refractivity contribution in [1.82, 2.24) is 0 Å². The van der Waals surface area contributed by atoms with E-state index in [1.807, 2.05) is 13.8 Å². The molecule has 0 unspecified atom stereocenters. The fourth-order valence-electron chi connectivity index (χ4n) is 3.37. The van der Waals surface area contributed by atoms with Crippen molar-refractivity contribution in [3.05, 3.63) is 42.5 Å². The molecule has 1 N–H and O–H groups in total. The van der Waals surface area contributed by atoms with Crippen molar-refractivity contribution in [1.29, 1.82) is 0 Å². The Hall–Kier alpha value is -2.74. The number of carbonyl (C=O) groups excluding carboxylic acids is 1. The number of amides is 1. The van der Waals surface area contributed by atoms with Gasteiger partial charge in [0.25, 0.3) is 10.0 Å². The fourth-order valence-corrected chi connectivity index (χ4v) is 4.59. The van der Waals surface area contributed by atoms with Crippen LogP contribution in [0.15, 0.2) is 47.4 Å². The second-order valence-corrected chi connectivity index (χ2v) is 10.4. The molecule has 0 aliphatic carbocycles. The van der Waals surface area contributed by atoms with E-state index in [2.05, 4.69) is 18.6 Å². The summed E-state index contributed by atoms with van der Waals surface area (Å²) in [5, 5.41) is 0. The maximum absolute atomic E-state index is 13.1. The lowest BCUT2D eigenvalue weighted by Gasteiger charge is -2.28. The molecule has 1 aliphatic heterocycles. The summed E-state index contributed by atoms with van der Waals surface area (Å²) < 4.78 is 39.6. The van der Waals surface area contributed by atoms with Crippen LogP contribution in [0.3, 0.4) is 0 Å². The van der Waals surface area contributed by atoms with Gasteiger partial charge in [0.2, 0.25) is 5.91 Å². The largest absolute Gasteiger partial charge is 0.495 e. The topological polar surface area (TPSA) is 84.9 Å². The molecule has 0 bridgehead atoms. The van der Waals surface area contributed by atoms with Crippen LogP contribution in [0.2, 0.25) is 0 Å². The Labute approximate surface area is 184 Å². The summed E-state index contributed by atoms with van der Waals surface area (Å²) in [5.74, 6) is 1.17. The number of carbonyl (C=O) groups is 1. The van der Waals surface area contributed by atoms with E-state index in [0.29, 0.717) is 29.6 Å². The first-order valence-corrected chi connectivity index (χ1v) is 11.8. The number of nitrogens with one attached hydrogen (secondary N) is 1. The first kappa shape index (κ1) is 22.9. The molecule has 1 amide bonds. The Morgan fingerprint density at radius 2 is 1.90 bits per heavy atom. The zero-order chi connectivity index (χ0) is 22.8. The molecule has 0 aromatic heterocycles. The van der Waals surface area contributed by atoms with Crippen LogP contribution in [0.1, 0.15) is 34.1 Å². The number of benzene rings is 2. The van der Waals surface area contributed by atoms with E-state index in [1.165, 1.54) is 13.2 Å². The van der Waals surface area contributed by atoms with E-state index in [9.17, 15) is 13.2 Å². The summed E-state index contributed by atoms with van der Waals surface area (Å²) >= 11 is 0. The van der Waals surface area contributed by atoms with E-state index < -0.39 is 15.4 Å². The van der Waals surface area contributed by atoms with Crippen LogP contribution in [0.25, 0.3) is 0 Å². The summed E-state index contributed by atoms with van der Waals surface area (Å²) in [7, 11) is -2.45. The summed E-state index contributed by atoms with van der Waals surface area (Å²) in [6, 6.07) is 11.4. The molecule has 3 rings (SSSR count). The zero-order valence-corrected chi connectivity index (χ0v) is 19.5. The van der Waals surface area contributed by atoms with E-state index in [-0.39, 0.29) is 23.2 Å². The van der Waals surface area contributed by atoms with E-state index >= 15 is 0 Å². The number of rotatable bonds is 7. The molecule has 0 radical (unpaired) electrons. The maximum Gasteiger partial charge on any atom is 0.265 e. The molecule has 0 saturated heterocycles. The maximum atomic E-state index is 13.1. The summed E-state index contributed by atoms with van der Waals surface area (Å²) in [6.07, 6.45) is 0.851. The summed E-state index contributed by atoms with van der Waals surface area (Å²) in [4.78, 5) is 14.9. The van der Waals surface area contributed by atoms with Gasteiger partial charge in [0, 0.05) is 12.6 Å². The number of methoxy groups -OCH3 is 1. The average Bonchev–Trinajstić information content (AvgIpc) is 2.81. The van der Waals surface area contributed by atoms with E-state index in [0.717, 1.165) is 6.42 Å². The van der Waals surface area contributed by atoms with Gasteiger partial charge < -0.3 is 14.4 Å². The van der Waals surface area contributed by atoms with Gasteiger partial charge in [0.05, 0.1) is 23.9 Å². The molecule has 1 heterocycles. The Balaban J connectivity index is 1.95. The van der Waals surface area contributed by atoms with Gasteiger partial charge in [-0.25, -0.2) is 8.42 Å². The van der Waals surface area contributed by atoms with Crippen molar-refractivity contribution in [2.24, 2.45) is 11.3 Å². The van der Waals surface area contributed by atoms with Crippen molar-refractivity contribution in [2.75, 3.05) is 29.9 Å². The average molecular weight is 447 g/mol. The van der Waals surface area contributed by atoms with Gasteiger partial charge in [0.15, 0.2) is 0 Å². The van der Waals surface area contributed by atoms with Crippen molar-refractivity contribution in [2.45, 2.75) is 39.0 Å². The van der Waals surface area contributed by atoms with Gasteiger partial charge in [-0.05, 0) is 50.5 Å². The number of nitrogens with zero attached hydrogens (tertiary/aromatic N) is 1.